The van der Waals surface area contributed by atoms with Gasteiger partial charge in [0.15, 0.2) is 0 Å². The van der Waals surface area contributed by atoms with Crippen LogP contribution in [0.1, 0.15) is 0 Å². The molecule has 0 aliphatic carbocycles. The van der Waals surface area contributed by atoms with Gasteiger partial charge >= 0.3 is 0 Å². The summed E-state index contributed by atoms with van der Waals surface area (Å²) < 4.78 is 0.0895. The molecule has 0 atom stereocenters. The standard InChI is InChI=1S/C4H11NO3.C2HCl3/c5-4(1-6,2-7)3-8;3-1-2(4)5/h6-8H,1-3,5H2;1H. The van der Waals surface area contributed by atoms with Gasteiger partial charge < -0.3 is 21.1 Å². The molecule has 13 heavy (non-hydrogen) atoms. The van der Waals surface area contributed by atoms with E-state index < -0.39 is 25.4 Å². The average Bonchev–Trinajstić information content (AvgIpc) is 2.17. The van der Waals surface area contributed by atoms with Crippen LogP contribution in [0.2, 0.25) is 0 Å². The van der Waals surface area contributed by atoms with Crippen LogP contribution in [-0.4, -0.2) is 40.7 Å². The normalized spacial score (nSPS) is 10.1. The van der Waals surface area contributed by atoms with E-state index in [4.69, 9.17) is 55.9 Å². The highest BCUT2D eigenvalue weighted by Crippen LogP contribution is 2.05. The van der Waals surface area contributed by atoms with E-state index in [0.717, 1.165) is 5.54 Å². The second-order valence-electron chi connectivity index (χ2n) is 2.24. The second kappa shape index (κ2) is 9.02. The molecule has 0 saturated heterocycles. The first-order chi connectivity index (χ1) is 5.95. The van der Waals surface area contributed by atoms with Gasteiger partial charge in [-0.1, -0.05) is 34.8 Å². The van der Waals surface area contributed by atoms with Crippen LogP contribution in [0.4, 0.5) is 0 Å². The summed E-state index contributed by atoms with van der Waals surface area (Å²) >= 11 is 14.8. The molecule has 0 heterocycles. The predicted octanol–water partition coefficient (Wildman–Crippen LogP) is 0.163. The van der Waals surface area contributed by atoms with Crippen molar-refractivity contribution in [3.05, 3.63) is 10.0 Å². The molecule has 0 spiro atoms. The molecular formula is C6H12Cl3NO3. The van der Waals surface area contributed by atoms with Gasteiger partial charge in [-0.25, -0.2) is 0 Å². The van der Waals surface area contributed by atoms with Crippen molar-refractivity contribution in [3.63, 3.8) is 0 Å². The molecule has 0 amide bonds. The summed E-state index contributed by atoms with van der Waals surface area (Å²) in [6.45, 7) is -1.21. The monoisotopic (exact) mass is 251 g/mol. The number of nitrogens with two attached hydrogens (primary N) is 1. The second-order valence-corrected chi connectivity index (χ2v) is 3.46. The molecular weight excluding hydrogens is 240 g/mol. The maximum Gasteiger partial charge on any atom is 0.118 e. The lowest BCUT2D eigenvalue weighted by Crippen LogP contribution is -2.50. The van der Waals surface area contributed by atoms with Crippen molar-refractivity contribution in [1.29, 1.82) is 0 Å². The van der Waals surface area contributed by atoms with E-state index >= 15 is 0 Å². The van der Waals surface area contributed by atoms with E-state index in [0.29, 0.717) is 0 Å². The van der Waals surface area contributed by atoms with Crippen LogP contribution in [0.15, 0.2) is 10.0 Å². The molecule has 0 fully saturated rings. The summed E-state index contributed by atoms with van der Waals surface area (Å²) in [5.74, 6) is 0. The topological polar surface area (TPSA) is 86.7 Å². The van der Waals surface area contributed by atoms with Crippen LogP contribution in [0.3, 0.4) is 0 Å². The number of aliphatic hydroxyl groups is 3. The molecule has 7 heteroatoms. The molecule has 4 nitrogen and oxygen atoms in total. The van der Waals surface area contributed by atoms with E-state index in [1.54, 1.807) is 0 Å². The fourth-order valence-electron chi connectivity index (χ4n) is 0.150. The average molecular weight is 253 g/mol. The molecule has 5 N–H and O–H groups in total. The smallest absolute Gasteiger partial charge is 0.118 e. The van der Waals surface area contributed by atoms with Crippen LogP contribution in [-0.2, 0) is 0 Å². The molecule has 0 bridgehead atoms. The van der Waals surface area contributed by atoms with Crippen molar-refractivity contribution >= 4 is 34.8 Å². The van der Waals surface area contributed by atoms with Crippen LogP contribution < -0.4 is 5.73 Å². The zero-order chi connectivity index (χ0) is 10.9. The quantitative estimate of drug-likeness (QED) is 0.576. The van der Waals surface area contributed by atoms with Gasteiger partial charge in [0, 0.05) is 5.54 Å². The number of aliphatic hydroxyl groups excluding tert-OH is 3. The summed E-state index contributed by atoms with van der Waals surface area (Å²) in [5, 5.41) is 25.0. The Morgan fingerprint density at radius 3 is 1.38 bits per heavy atom. The molecule has 0 saturated carbocycles. The lowest BCUT2D eigenvalue weighted by molar-refractivity contribution is 0.0698. The predicted molar refractivity (Wildman–Crippen MR) is 53.8 cm³/mol. The Hall–Kier alpha value is 0.450. The lowest BCUT2D eigenvalue weighted by Gasteiger charge is -2.20. The third-order valence-corrected chi connectivity index (χ3v) is 1.69. The number of rotatable bonds is 3. The van der Waals surface area contributed by atoms with E-state index in [1.165, 1.54) is 0 Å². The highest BCUT2D eigenvalue weighted by atomic mass is 35.5. The van der Waals surface area contributed by atoms with Crippen molar-refractivity contribution in [2.75, 3.05) is 19.8 Å². The molecule has 0 aromatic rings. The van der Waals surface area contributed by atoms with Crippen LogP contribution in [0.25, 0.3) is 0 Å². The Kier molecular flexibility index (Phi) is 11.0. The Labute approximate surface area is 91.5 Å². The number of hydrogen-bond acceptors (Lipinski definition) is 4. The molecule has 0 aromatic carbocycles. The van der Waals surface area contributed by atoms with Crippen molar-refractivity contribution in [1.82, 2.24) is 0 Å². The Morgan fingerprint density at radius 1 is 1.15 bits per heavy atom. The van der Waals surface area contributed by atoms with Gasteiger partial charge in [-0.2, -0.15) is 0 Å². The number of hydrogen-bond donors (Lipinski definition) is 4. The Bertz CT molecular complexity index is 138. The summed E-state index contributed by atoms with van der Waals surface area (Å²) in [6.07, 6.45) is 0. The molecule has 0 rings (SSSR count). The SMILES string of the molecule is ClC=C(Cl)Cl.NC(CO)(CO)CO. The van der Waals surface area contributed by atoms with Crippen LogP contribution in [0, 0.1) is 0 Å². The van der Waals surface area contributed by atoms with Crippen molar-refractivity contribution in [3.8, 4) is 0 Å². The minimum atomic E-state index is -1.21. The third-order valence-electron chi connectivity index (χ3n) is 1.03. The van der Waals surface area contributed by atoms with Gasteiger partial charge in [0.05, 0.1) is 25.4 Å². The first kappa shape index (κ1) is 15.9. The summed E-state index contributed by atoms with van der Waals surface area (Å²) in [5.41, 5.74) is 5.02. The fourth-order valence-corrected chi connectivity index (χ4v) is 0.150. The van der Waals surface area contributed by atoms with E-state index in [2.05, 4.69) is 0 Å². The minimum absolute atomic E-state index is 0.0895. The molecule has 0 aliphatic heterocycles. The molecule has 0 aromatic heterocycles. The zero-order valence-electron chi connectivity index (χ0n) is 6.75. The van der Waals surface area contributed by atoms with E-state index in [1.807, 2.05) is 0 Å². The van der Waals surface area contributed by atoms with Gasteiger partial charge in [0.2, 0.25) is 0 Å². The minimum Gasteiger partial charge on any atom is -0.394 e. The van der Waals surface area contributed by atoms with Gasteiger partial charge in [0.1, 0.15) is 4.49 Å². The van der Waals surface area contributed by atoms with Crippen LogP contribution in [0.5, 0.6) is 0 Å². The lowest BCUT2D eigenvalue weighted by atomic mass is 10.1. The first-order valence-electron chi connectivity index (χ1n) is 3.18. The van der Waals surface area contributed by atoms with Crippen LogP contribution >= 0.6 is 34.8 Å². The maximum atomic E-state index is 8.34. The van der Waals surface area contributed by atoms with Gasteiger partial charge in [-0.15, -0.1) is 0 Å². The first-order valence-corrected chi connectivity index (χ1v) is 4.38. The zero-order valence-corrected chi connectivity index (χ0v) is 9.02. The molecule has 0 unspecified atom stereocenters. The Morgan fingerprint density at radius 2 is 1.38 bits per heavy atom. The fraction of sp³-hybridized carbons (Fsp3) is 0.667. The third kappa shape index (κ3) is 10.4. The van der Waals surface area contributed by atoms with Crippen molar-refractivity contribution in [2.24, 2.45) is 5.73 Å². The molecule has 0 radical (unpaired) electrons. The largest absolute Gasteiger partial charge is 0.394 e. The summed E-state index contributed by atoms with van der Waals surface area (Å²) in [6, 6.07) is 0. The highest BCUT2D eigenvalue weighted by Gasteiger charge is 2.20. The molecule has 0 aliphatic rings. The number of halogens is 3. The summed E-state index contributed by atoms with van der Waals surface area (Å²) in [7, 11) is 0. The van der Waals surface area contributed by atoms with Gasteiger partial charge in [-0.3, -0.25) is 0 Å². The highest BCUT2D eigenvalue weighted by molar-refractivity contribution is 6.58. The maximum absolute atomic E-state index is 8.34. The van der Waals surface area contributed by atoms with E-state index in [-0.39, 0.29) is 4.49 Å². The van der Waals surface area contributed by atoms with E-state index in [9.17, 15) is 0 Å². The van der Waals surface area contributed by atoms with Gasteiger partial charge in [0.25, 0.3) is 0 Å². The summed E-state index contributed by atoms with van der Waals surface area (Å²) in [4.78, 5) is 0. The van der Waals surface area contributed by atoms with Crippen molar-refractivity contribution < 1.29 is 15.3 Å². The van der Waals surface area contributed by atoms with Gasteiger partial charge in [-0.05, 0) is 0 Å². The van der Waals surface area contributed by atoms with Crippen molar-refractivity contribution in [2.45, 2.75) is 5.54 Å². The molecule has 80 valence electrons. The Balaban J connectivity index is 0.